The normalized spacial score (nSPS) is 24.5. The minimum atomic E-state index is 0.736. The Morgan fingerprint density at radius 2 is 2.25 bits per heavy atom. The van der Waals surface area contributed by atoms with Gasteiger partial charge in [0.05, 0.1) is 0 Å². The van der Waals surface area contributed by atoms with Crippen LogP contribution in [0.2, 0.25) is 0 Å². The van der Waals surface area contributed by atoms with Crippen LogP contribution in [0.15, 0.2) is 24.8 Å². The number of allylic oxidation sites excluding steroid dienone is 2. The van der Waals surface area contributed by atoms with Crippen LogP contribution in [0.3, 0.4) is 0 Å². The first-order chi connectivity index (χ1) is 5.93. The Hall–Kier alpha value is -0.560. The Bertz CT molecular complexity index is 143. The van der Waals surface area contributed by atoms with Crippen LogP contribution in [0, 0.1) is 0 Å². The van der Waals surface area contributed by atoms with Gasteiger partial charge in [0.2, 0.25) is 0 Å². The molecule has 0 saturated carbocycles. The summed E-state index contributed by atoms with van der Waals surface area (Å²) < 4.78 is 0. The van der Waals surface area contributed by atoms with E-state index in [2.05, 4.69) is 24.0 Å². The number of nitrogens with one attached hydrogen (secondary N) is 1. The summed E-state index contributed by atoms with van der Waals surface area (Å²) in [6, 6.07) is 0.736. The first-order valence-corrected chi connectivity index (χ1v) is 4.93. The predicted octanol–water partition coefficient (Wildman–Crippen LogP) is 2.65. The molecule has 1 fully saturated rings. The second-order valence-corrected chi connectivity index (χ2v) is 3.38. The van der Waals surface area contributed by atoms with Crippen molar-refractivity contribution in [2.75, 3.05) is 6.54 Å². The topological polar surface area (TPSA) is 12.0 Å². The standard InChI is InChI=1S/C11H19N/c1-2-3-4-5-8-11-9-6-7-10-12-11/h2,4-5,11-12H,1,3,6-10H2. The first kappa shape index (κ1) is 9.53. The number of rotatable bonds is 4. The zero-order valence-electron chi connectivity index (χ0n) is 7.76. The molecule has 1 aliphatic rings. The van der Waals surface area contributed by atoms with Gasteiger partial charge in [0, 0.05) is 6.04 Å². The molecule has 1 heteroatoms. The average Bonchev–Trinajstić information content (AvgIpc) is 2.14. The Kier molecular flexibility index (Phi) is 4.77. The van der Waals surface area contributed by atoms with E-state index >= 15 is 0 Å². The maximum absolute atomic E-state index is 3.68. The molecule has 12 heavy (non-hydrogen) atoms. The highest BCUT2D eigenvalue weighted by molar-refractivity contribution is 4.91. The van der Waals surface area contributed by atoms with Crippen molar-refractivity contribution in [3.63, 3.8) is 0 Å². The van der Waals surface area contributed by atoms with E-state index in [1.807, 2.05) is 6.08 Å². The molecule has 0 aromatic carbocycles. The van der Waals surface area contributed by atoms with E-state index in [4.69, 9.17) is 0 Å². The molecule has 1 rings (SSSR count). The summed E-state index contributed by atoms with van der Waals surface area (Å²) in [4.78, 5) is 0. The summed E-state index contributed by atoms with van der Waals surface area (Å²) in [6.07, 6.45) is 12.7. The molecule has 0 aromatic rings. The fourth-order valence-corrected chi connectivity index (χ4v) is 1.58. The van der Waals surface area contributed by atoms with Crippen LogP contribution in [0.5, 0.6) is 0 Å². The third kappa shape index (κ3) is 3.72. The lowest BCUT2D eigenvalue weighted by Gasteiger charge is -2.21. The van der Waals surface area contributed by atoms with E-state index in [0.29, 0.717) is 0 Å². The molecular weight excluding hydrogens is 146 g/mol. The second kappa shape index (κ2) is 6.01. The van der Waals surface area contributed by atoms with Crippen LogP contribution in [-0.4, -0.2) is 12.6 Å². The molecule has 1 atom stereocenters. The van der Waals surface area contributed by atoms with Gasteiger partial charge < -0.3 is 5.32 Å². The Morgan fingerprint density at radius 1 is 1.33 bits per heavy atom. The fraction of sp³-hybridized carbons (Fsp3) is 0.636. The molecule has 0 radical (unpaired) electrons. The zero-order valence-corrected chi connectivity index (χ0v) is 7.76. The first-order valence-electron chi connectivity index (χ1n) is 4.93. The highest BCUT2D eigenvalue weighted by Gasteiger charge is 2.09. The van der Waals surface area contributed by atoms with E-state index in [9.17, 15) is 0 Å². The van der Waals surface area contributed by atoms with Gasteiger partial charge in [0.25, 0.3) is 0 Å². The third-order valence-electron chi connectivity index (χ3n) is 2.30. The molecule has 68 valence electrons. The Morgan fingerprint density at radius 3 is 2.92 bits per heavy atom. The summed E-state index contributed by atoms with van der Waals surface area (Å²) in [5.74, 6) is 0. The van der Waals surface area contributed by atoms with Crippen molar-refractivity contribution >= 4 is 0 Å². The highest BCUT2D eigenvalue weighted by Crippen LogP contribution is 2.10. The smallest absolute Gasteiger partial charge is 0.0102 e. The third-order valence-corrected chi connectivity index (χ3v) is 2.30. The minimum absolute atomic E-state index is 0.736. The molecule has 1 heterocycles. The van der Waals surface area contributed by atoms with Gasteiger partial charge in [-0.2, -0.15) is 0 Å². The van der Waals surface area contributed by atoms with Crippen molar-refractivity contribution < 1.29 is 0 Å². The number of hydrogen-bond acceptors (Lipinski definition) is 1. The van der Waals surface area contributed by atoms with Gasteiger partial charge in [-0.1, -0.05) is 24.6 Å². The van der Waals surface area contributed by atoms with Crippen molar-refractivity contribution in [3.8, 4) is 0 Å². The second-order valence-electron chi connectivity index (χ2n) is 3.38. The molecule has 0 aromatic heterocycles. The molecule has 0 aliphatic carbocycles. The van der Waals surface area contributed by atoms with Crippen LogP contribution < -0.4 is 5.32 Å². The average molecular weight is 165 g/mol. The van der Waals surface area contributed by atoms with Gasteiger partial charge in [0.1, 0.15) is 0 Å². The highest BCUT2D eigenvalue weighted by atomic mass is 14.9. The van der Waals surface area contributed by atoms with E-state index in [1.165, 1.54) is 32.2 Å². The van der Waals surface area contributed by atoms with Gasteiger partial charge in [-0.15, -0.1) is 6.58 Å². The number of piperidine rings is 1. The molecule has 0 bridgehead atoms. The van der Waals surface area contributed by atoms with Crippen LogP contribution >= 0.6 is 0 Å². The monoisotopic (exact) mass is 165 g/mol. The summed E-state index contributed by atoms with van der Waals surface area (Å²) in [6.45, 7) is 4.89. The lowest BCUT2D eigenvalue weighted by atomic mass is 10.0. The van der Waals surface area contributed by atoms with Crippen LogP contribution in [0.25, 0.3) is 0 Å². The van der Waals surface area contributed by atoms with E-state index in [-0.39, 0.29) is 0 Å². The van der Waals surface area contributed by atoms with E-state index < -0.39 is 0 Å². The van der Waals surface area contributed by atoms with Crippen molar-refractivity contribution in [3.05, 3.63) is 24.8 Å². The van der Waals surface area contributed by atoms with Crippen LogP contribution in [0.1, 0.15) is 32.1 Å². The zero-order chi connectivity index (χ0) is 8.65. The van der Waals surface area contributed by atoms with Crippen LogP contribution in [0.4, 0.5) is 0 Å². The predicted molar refractivity (Wildman–Crippen MR) is 54.2 cm³/mol. The van der Waals surface area contributed by atoms with Gasteiger partial charge >= 0.3 is 0 Å². The van der Waals surface area contributed by atoms with Crippen molar-refractivity contribution in [1.29, 1.82) is 0 Å². The maximum Gasteiger partial charge on any atom is 0.0102 e. The lowest BCUT2D eigenvalue weighted by molar-refractivity contribution is 0.403. The van der Waals surface area contributed by atoms with E-state index in [1.54, 1.807) is 0 Å². The van der Waals surface area contributed by atoms with Crippen molar-refractivity contribution in [2.24, 2.45) is 0 Å². The van der Waals surface area contributed by atoms with Crippen molar-refractivity contribution in [1.82, 2.24) is 5.32 Å². The van der Waals surface area contributed by atoms with Crippen molar-refractivity contribution in [2.45, 2.75) is 38.1 Å². The SMILES string of the molecule is C=CCC=CCC1CCCCN1. The quantitative estimate of drug-likeness (QED) is 0.631. The van der Waals surface area contributed by atoms with E-state index in [0.717, 1.165) is 12.5 Å². The van der Waals surface area contributed by atoms with Gasteiger partial charge in [-0.05, 0) is 32.2 Å². The Labute approximate surface area is 75.6 Å². The Balaban J connectivity index is 2.08. The summed E-state index contributed by atoms with van der Waals surface area (Å²) in [7, 11) is 0. The largest absolute Gasteiger partial charge is 0.314 e. The van der Waals surface area contributed by atoms with Gasteiger partial charge in [-0.25, -0.2) is 0 Å². The fourth-order valence-electron chi connectivity index (χ4n) is 1.58. The molecular formula is C11H19N. The molecule has 1 N–H and O–H groups in total. The summed E-state index contributed by atoms with van der Waals surface area (Å²) in [5.41, 5.74) is 0. The summed E-state index contributed by atoms with van der Waals surface area (Å²) >= 11 is 0. The number of hydrogen-bond donors (Lipinski definition) is 1. The molecule has 1 saturated heterocycles. The van der Waals surface area contributed by atoms with Crippen LogP contribution in [-0.2, 0) is 0 Å². The van der Waals surface area contributed by atoms with Gasteiger partial charge in [0.15, 0.2) is 0 Å². The molecule has 0 spiro atoms. The minimum Gasteiger partial charge on any atom is -0.314 e. The van der Waals surface area contributed by atoms with Gasteiger partial charge in [-0.3, -0.25) is 0 Å². The molecule has 1 nitrogen and oxygen atoms in total. The molecule has 1 unspecified atom stereocenters. The maximum atomic E-state index is 3.68. The molecule has 1 aliphatic heterocycles. The molecule has 0 amide bonds. The lowest BCUT2D eigenvalue weighted by Crippen LogP contribution is -2.33. The summed E-state index contributed by atoms with van der Waals surface area (Å²) in [5, 5.41) is 3.52.